The van der Waals surface area contributed by atoms with Crippen LogP contribution in [0.1, 0.15) is 37.9 Å². The minimum atomic E-state index is 0.0736. The van der Waals surface area contributed by atoms with Gasteiger partial charge in [-0.15, -0.1) is 10.2 Å². The zero-order valence-corrected chi connectivity index (χ0v) is 14.9. The fourth-order valence-corrected chi connectivity index (χ4v) is 2.99. The Balaban J connectivity index is 1.30. The molecule has 26 heavy (non-hydrogen) atoms. The van der Waals surface area contributed by atoms with Crippen molar-refractivity contribution in [2.24, 2.45) is 0 Å². The third-order valence-electron chi connectivity index (χ3n) is 4.58. The first-order valence-electron chi connectivity index (χ1n) is 9.23. The highest BCUT2D eigenvalue weighted by Crippen LogP contribution is 2.11. The number of nitrogens with one attached hydrogen (secondary N) is 1. The van der Waals surface area contributed by atoms with E-state index in [0.29, 0.717) is 19.4 Å². The molecule has 2 aromatic rings. The molecule has 1 aliphatic heterocycles. The van der Waals surface area contributed by atoms with E-state index in [4.69, 9.17) is 0 Å². The van der Waals surface area contributed by atoms with Crippen molar-refractivity contribution >= 4 is 11.8 Å². The van der Waals surface area contributed by atoms with Crippen LogP contribution in [0.15, 0.2) is 36.7 Å². The molecule has 3 rings (SSSR count). The maximum Gasteiger partial charge on any atom is 0.224 e. The van der Waals surface area contributed by atoms with Crippen LogP contribution in [0.3, 0.4) is 0 Å². The van der Waals surface area contributed by atoms with Gasteiger partial charge in [0.05, 0.1) is 0 Å². The third kappa shape index (κ3) is 4.91. The van der Waals surface area contributed by atoms with Crippen molar-refractivity contribution in [1.29, 1.82) is 0 Å². The largest absolute Gasteiger partial charge is 0.356 e. The molecule has 1 N–H and O–H groups in total. The highest BCUT2D eigenvalue weighted by atomic mass is 16.2. The van der Waals surface area contributed by atoms with Crippen molar-refractivity contribution in [3.05, 3.63) is 42.5 Å². The van der Waals surface area contributed by atoms with Crippen LogP contribution in [0.4, 0.5) is 0 Å². The van der Waals surface area contributed by atoms with Gasteiger partial charge < -0.3 is 10.2 Å². The maximum absolute atomic E-state index is 11.9. The van der Waals surface area contributed by atoms with Gasteiger partial charge in [-0.2, -0.15) is 0 Å². The Bertz CT molecular complexity index is 729. The molecule has 2 heterocycles. The van der Waals surface area contributed by atoms with Gasteiger partial charge >= 0.3 is 0 Å². The van der Waals surface area contributed by atoms with E-state index in [1.165, 1.54) is 0 Å². The molecular weight excluding hydrogens is 330 g/mol. The van der Waals surface area contributed by atoms with Gasteiger partial charge in [0.15, 0.2) is 0 Å². The average molecular weight is 355 g/mol. The van der Waals surface area contributed by atoms with Crippen LogP contribution in [-0.4, -0.2) is 51.1 Å². The van der Waals surface area contributed by atoms with E-state index in [0.717, 1.165) is 50.3 Å². The first-order valence-corrected chi connectivity index (χ1v) is 9.23. The van der Waals surface area contributed by atoms with Gasteiger partial charge in [-0.3, -0.25) is 14.2 Å². The summed E-state index contributed by atoms with van der Waals surface area (Å²) >= 11 is 0. The van der Waals surface area contributed by atoms with E-state index in [2.05, 4.69) is 15.5 Å². The second-order valence-electron chi connectivity index (χ2n) is 6.49. The van der Waals surface area contributed by atoms with E-state index in [1.54, 1.807) is 6.33 Å². The number of benzene rings is 1. The Hall–Kier alpha value is -2.70. The number of likely N-dealkylation sites (tertiary alicyclic amines) is 1. The number of nitrogens with zero attached hydrogens (tertiary/aromatic N) is 4. The lowest BCUT2D eigenvalue weighted by atomic mass is 10.1. The Kier molecular flexibility index (Phi) is 6.35. The first kappa shape index (κ1) is 18.1. The fraction of sp³-hybridized carbons (Fsp3) is 0.474. The summed E-state index contributed by atoms with van der Waals surface area (Å²) in [5.41, 5.74) is 1.05. The molecule has 0 bridgehead atoms. The predicted molar refractivity (Wildman–Crippen MR) is 97.7 cm³/mol. The lowest BCUT2D eigenvalue weighted by Crippen LogP contribution is -2.44. The number of rotatable bonds is 10. The number of aryl methyl sites for hydroxylation is 1. The highest BCUT2D eigenvalue weighted by Gasteiger charge is 2.22. The van der Waals surface area contributed by atoms with Crippen LogP contribution in [0, 0.1) is 0 Å². The molecule has 0 aliphatic carbocycles. The van der Waals surface area contributed by atoms with E-state index < -0.39 is 0 Å². The van der Waals surface area contributed by atoms with Crippen LogP contribution in [0.5, 0.6) is 0 Å². The summed E-state index contributed by atoms with van der Waals surface area (Å²) in [7, 11) is 0. The lowest BCUT2D eigenvalue weighted by molar-refractivity contribution is -0.139. The first-order chi connectivity index (χ1) is 12.7. The molecule has 138 valence electrons. The number of hydrogen-bond acceptors (Lipinski definition) is 4. The molecule has 0 radical (unpaired) electrons. The molecule has 1 aromatic carbocycles. The number of para-hydroxylation sites is 1. The van der Waals surface area contributed by atoms with E-state index in [-0.39, 0.29) is 11.8 Å². The minimum absolute atomic E-state index is 0.0736. The SMILES string of the molecule is O=C(CCCCc1nncn1-c1ccccc1)NCCCN1CCC1=O. The summed E-state index contributed by atoms with van der Waals surface area (Å²) in [6, 6.07) is 10.00. The Morgan fingerprint density at radius 2 is 2.00 bits per heavy atom. The highest BCUT2D eigenvalue weighted by molar-refractivity contribution is 5.81. The van der Waals surface area contributed by atoms with Crippen molar-refractivity contribution in [2.45, 2.75) is 38.5 Å². The van der Waals surface area contributed by atoms with Gasteiger partial charge in [0.25, 0.3) is 0 Å². The summed E-state index contributed by atoms with van der Waals surface area (Å²) in [4.78, 5) is 24.9. The summed E-state index contributed by atoms with van der Waals surface area (Å²) in [5.74, 6) is 1.21. The molecule has 2 amide bonds. The number of aromatic nitrogens is 3. The van der Waals surface area contributed by atoms with Gasteiger partial charge in [0, 0.05) is 44.6 Å². The van der Waals surface area contributed by atoms with E-state index in [1.807, 2.05) is 39.8 Å². The van der Waals surface area contributed by atoms with Crippen molar-refractivity contribution in [3.63, 3.8) is 0 Å². The summed E-state index contributed by atoms with van der Waals surface area (Å²) < 4.78 is 1.98. The number of hydrogen-bond donors (Lipinski definition) is 1. The van der Waals surface area contributed by atoms with Crippen molar-refractivity contribution in [3.8, 4) is 5.69 Å². The fourth-order valence-electron chi connectivity index (χ4n) is 2.99. The van der Waals surface area contributed by atoms with Crippen molar-refractivity contribution in [2.75, 3.05) is 19.6 Å². The smallest absolute Gasteiger partial charge is 0.224 e. The molecule has 0 saturated carbocycles. The Morgan fingerprint density at radius 3 is 2.73 bits per heavy atom. The summed E-state index contributed by atoms with van der Waals surface area (Å²) in [5, 5.41) is 11.1. The Morgan fingerprint density at radius 1 is 1.15 bits per heavy atom. The second kappa shape index (κ2) is 9.12. The van der Waals surface area contributed by atoms with Gasteiger partial charge in [0.2, 0.25) is 11.8 Å². The molecule has 0 unspecified atom stereocenters. The van der Waals surface area contributed by atoms with Crippen LogP contribution in [-0.2, 0) is 16.0 Å². The third-order valence-corrected chi connectivity index (χ3v) is 4.58. The zero-order valence-electron chi connectivity index (χ0n) is 14.9. The molecule has 1 fully saturated rings. The number of amides is 2. The molecule has 1 aliphatic rings. The number of β-lactam (4-membered cyclic amide) rings is 1. The number of carbonyl (C=O) groups is 2. The van der Waals surface area contributed by atoms with E-state index in [9.17, 15) is 9.59 Å². The molecule has 1 aromatic heterocycles. The number of carbonyl (C=O) groups excluding carboxylic acids is 2. The van der Waals surface area contributed by atoms with Crippen LogP contribution < -0.4 is 5.32 Å². The van der Waals surface area contributed by atoms with Gasteiger partial charge in [0.1, 0.15) is 12.2 Å². The normalized spacial score (nSPS) is 13.5. The minimum Gasteiger partial charge on any atom is -0.356 e. The summed E-state index contributed by atoms with van der Waals surface area (Å²) in [6.45, 7) is 2.24. The quantitative estimate of drug-likeness (QED) is 0.520. The standard InChI is InChI=1S/C19H25N5O2/c25-18(20-12-6-13-23-14-11-19(23)26)10-5-4-9-17-22-21-15-24(17)16-7-2-1-3-8-16/h1-3,7-8,15H,4-6,9-14H2,(H,20,25). The zero-order chi connectivity index (χ0) is 18.2. The van der Waals surface area contributed by atoms with Crippen molar-refractivity contribution < 1.29 is 9.59 Å². The van der Waals surface area contributed by atoms with Crippen LogP contribution >= 0.6 is 0 Å². The average Bonchev–Trinajstić information content (AvgIpc) is 3.13. The predicted octanol–water partition coefficient (Wildman–Crippen LogP) is 1.72. The van der Waals surface area contributed by atoms with Gasteiger partial charge in [-0.05, 0) is 31.4 Å². The molecule has 7 nitrogen and oxygen atoms in total. The lowest BCUT2D eigenvalue weighted by Gasteiger charge is -2.30. The second-order valence-corrected chi connectivity index (χ2v) is 6.49. The Labute approximate surface area is 153 Å². The molecule has 7 heteroatoms. The molecule has 1 saturated heterocycles. The van der Waals surface area contributed by atoms with Crippen LogP contribution in [0.25, 0.3) is 5.69 Å². The molecule has 0 atom stereocenters. The van der Waals surface area contributed by atoms with Crippen LogP contribution in [0.2, 0.25) is 0 Å². The maximum atomic E-state index is 11.9. The summed E-state index contributed by atoms with van der Waals surface area (Å²) in [6.07, 6.45) is 6.23. The van der Waals surface area contributed by atoms with Crippen molar-refractivity contribution in [1.82, 2.24) is 25.0 Å². The van der Waals surface area contributed by atoms with Gasteiger partial charge in [-0.25, -0.2) is 0 Å². The molecule has 0 spiro atoms. The number of unbranched alkanes of at least 4 members (excludes halogenated alkanes) is 1. The molecular formula is C19H25N5O2. The monoisotopic (exact) mass is 355 g/mol. The van der Waals surface area contributed by atoms with E-state index >= 15 is 0 Å². The topological polar surface area (TPSA) is 80.1 Å². The van der Waals surface area contributed by atoms with Gasteiger partial charge in [-0.1, -0.05) is 18.2 Å².